The van der Waals surface area contributed by atoms with Crippen LogP contribution in [0, 0.1) is 0 Å². The number of alkyl carbamates (subject to hydrolysis) is 1. The van der Waals surface area contributed by atoms with Gasteiger partial charge in [-0.15, -0.1) is 6.58 Å². The Balaban J connectivity index is 1.53. The molecule has 0 bridgehead atoms. The summed E-state index contributed by atoms with van der Waals surface area (Å²) < 4.78 is 10.8. The predicted molar refractivity (Wildman–Crippen MR) is 104 cm³/mol. The van der Waals surface area contributed by atoms with Crippen molar-refractivity contribution in [3.63, 3.8) is 0 Å². The Labute approximate surface area is 166 Å². The Morgan fingerprint density at radius 1 is 1.25 bits per heavy atom. The van der Waals surface area contributed by atoms with Crippen molar-refractivity contribution < 1.29 is 23.9 Å². The molecule has 0 spiro atoms. The van der Waals surface area contributed by atoms with E-state index in [9.17, 15) is 14.4 Å². The Bertz CT molecular complexity index is 587. The van der Waals surface area contributed by atoms with E-state index in [-0.39, 0.29) is 30.1 Å². The fourth-order valence-corrected chi connectivity index (χ4v) is 4.32. The summed E-state index contributed by atoms with van der Waals surface area (Å²) in [4.78, 5) is 38.5. The van der Waals surface area contributed by atoms with Gasteiger partial charge in [-0.3, -0.25) is 9.59 Å². The van der Waals surface area contributed by atoms with Crippen LogP contribution >= 0.6 is 0 Å². The number of carbonyl (C=O) groups is 3. The van der Waals surface area contributed by atoms with Gasteiger partial charge in [-0.05, 0) is 51.4 Å². The molecule has 0 radical (unpaired) electrons. The highest BCUT2D eigenvalue weighted by atomic mass is 16.6. The van der Waals surface area contributed by atoms with E-state index in [1.54, 1.807) is 4.90 Å². The van der Waals surface area contributed by atoms with Crippen LogP contribution in [0.1, 0.15) is 70.6 Å². The van der Waals surface area contributed by atoms with E-state index in [4.69, 9.17) is 9.47 Å². The van der Waals surface area contributed by atoms with Crippen molar-refractivity contribution in [2.45, 2.75) is 94.9 Å². The largest absolute Gasteiger partial charge is 0.458 e. The van der Waals surface area contributed by atoms with Crippen molar-refractivity contribution in [2.24, 2.45) is 0 Å². The maximum atomic E-state index is 13.1. The van der Waals surface area contributed by atoms with Gasteiger partial charge >= 0.3 is 12.1 Å². The van der Waals surface area contributed by atoms with Gasteiger partial charge < -0.3 is 19.7 Å². The fraction of sp³-hybridized carbons (Fsp3) is 0.762. The molecule has 0 aromatic rings. The first-order valence-corrected chi connectivity index (χ1v) is 10.7. The first-order valence-electron chi connectivity index (χ1n) is 10.7. The molecule has 1 saturated carbocycles. The monoisotopic (exact) mass is 392 g/mol. The second kappa shape index (κ2) is 9.94. The number of hydrogen-bond acceptors (Lipinski definition) is 5. The molecule has 3 fully saturated rings. The van der Waals surface area contributed by atoms with E-state index in [1.165, 1.54) is 0 Å². The van der Waals surface area contributed by atoms with Crippen LogP contribution in [0.15, 0.2) is 12.7 Å². The smallest absolute Gasteiger partial charge is 0.408 e. The second-order valence-electron chi connectivity index (χ2n) is 8.06. The van der Waals surface area contributed by atoms with Gasteiger partial charge in [0.25, 0.3) is 0 Å². The minimum atomic E-state index is -0.587. The van der Waals surface area contributed by atoms with Gasteiger partial charge in [0, 0.05) is 6.42 Å². The first-order chi connectivity index (χ1) is 13.6. The van der Waals surface area contributed by atoms with Crippen molar-refractivity contribution >= 4 is 18.0 Å². The topological polar surface area (TPSA) is 84.9 Å². The average Bonchev–Trinajstić information content (AvgIpc) is 3.15. The molecule has 2 amide bonds. The number of amides is 2. The van der Waals surface area contributed by atoms with Crippen LogP contribution in [0.5, 0.6) is 0 Å². The van der Waals surface area contributed by atoms with Crippen molar-refractivity contribution in [2.75, 3.05) is 6.54 Å². The molecule has 0 aromatic carbocycles. The van der Waals surface area contributed by atoms with Crippen molar-refractivity contribution in [3.8, 4) is 0 Å². The third-order valence-electron chi connectivity index (χ3n) is 5.98. The molecule has 2 unspecified atom stereocenters. The van der Waals surface area contributed by atoms with Crippen molar-refractivity contribution in [1.82, 2.24) is 10.2 Å². The van der Waals surface area contributed by atoms with Crippen LogP contribution in [0.2, 0.25) is 0 Å². The molecule has 156 valence electrons. The molecule has 1 aliphatic carbocycles. The van der Waals surface area contributed by atoms with Crippen LogP contribution in [-0.2, 0) is 19.1 Å². The first kappa shape index (κ1) is 20.7. The van der Waals surface area contributed by atoms with Crippen LogP contribution in [-0.4, -0.2) is 53.7 Å². The lowest BCUT2D eigenvalue weighted by Crippen LogP contribution is -2.68. The number of fused-ring (bicyclic) bond motifs is 1. The SMILES string of the molecule is C=CCCCCC[C@H](NC(=O)OC1CCCC1)C(=O)N1CC2OC(=O)CCC21. The van der Waals surface area contributed by atoms with Gasteiger partial charge in [-0.2, -0.15) is 0 Å². The number of allylic oxidation sites excluding steroid dienone is 1. The van der Waals surface area contributed by atoms with Crippen LogP contribution in [0.25, 0.3) is 0 Å². The molecular weight excluding hydrogens is 360 g/mol. The average molecular weight is 392 g/mol. The summed E-state index contributed by atoms with van der Waals surface area (Å²) in [6.07, 6.45) is 10.5. The summed E-state index contributed by atoms with van der Waals surface area (Å²) in [6.45, 7) is 4.14. The minimum absolute atomic E-state index is 0.0329. The van der Waals surface area contributed by atoms with Crippen molar-refractivity contribution in [1.29, 1.82) is 0 Å². The molecule has 7 heteroatoms. The van der Waals surface area contributed by atoms with Crippen LogP contribution in [0.4, 0.5) is 4.79 Å². The standard InChI is InChI=1S/C21H32N2O5/c1-2-3-4-5-6-11-16(22-21(26)27-15-9-7-8-10-15)20(25)23-14-18-17(23)12-13-19(24)28-18/h2,15-18H,1,3-14H2,(H,22,26)/t16-,17?,18?/m0/s1. The fourth-order valence-electron chi connectivity index (χ4n) is 4.32. The van der Waals surface area contributed by atoms with E-state index >= 15 is 0 Å². The Morgan fingerprint density at radius 3 is 2.75 bits per heavy atom. The van der Waals surface area contributed by atoms with E-state index < -0.39 is 12.1 Å². The maximum absolute atomic E-state index is 13.1. The van der Waals surface area contributed by atoms with Gasteiger partial charge in [-0.1, -0.05) is 18.9 Å². The highest BCUT2D eigenvalue weighted by molar-refractivity contribution is 5.87. The van der Waals surface area contributed by atoms with E-state index in [2.05, 4.69) is 11.9 Å². The van der Waals surface area contributed by atoms with Crippen LogP contribution in [0.3, 0.4) is 0 Å². The zero-order valence-corrected chi connectivity index (χ0v) is 16.6. The molecule has 3 rings (SSSR count). The minimum Gasteiger partial charge on any atom is -0.458 e. The lowest BCUT2D eigenvalue weighted by atomic mass is 9.90. The lowest BCUT2D eigenvalue weighted by Gasteiger charge is -2.50. The summed E-state index contributed by atoms with van der Waals surface area (Å²) in [5.74, 6) is -0.281. The van der Waals surface area contributed by atoms with E-state index in [1.807, 2.05) is 6.08 Å². The van der Waals surface area contributed by atoms with Gasteiger partial charge in [0.15, 0.2) is 0 Å². The molecule has 3 atom stereocenters. The van der Waals surface area contributed by atoms with Gasteiger partial charge in [0.1, 0.15) is 18.2 Å². The number of hydrogen-bond donors (Lipinski definition) is 1. The molecular formula is C21H32N2O5. The number of unbranched alkanes of at least 4 members (excludes halogenated alkanes) is 3. The zero-order valence-electron chi connectivity index (χ0n) is 16.6. The number of carbonyl (C=O) groups excluding carboxylic acids is 3. The highest BCUT2D eigenvalue weighted by Crippen LogP contribution is 2.31. The molecule has 7 nitrogen and oxygen atoms in total. The Hall–Kier alpha value is -2.05. The summed E-state index contributed by atoms with van der Waals surface area (Å²) >= 11 is 0. The Morgan fingerprint density at radius 2 is 2.04 bits per heavy atom. The number of rotatable bonds is 9. The van der Waals surface area contributed by atoms with Crippen molar-refractivity contribution in [3.05, 3.63) is 12.7 Å². The Kier molecular flexibility index (Phi) is 7.34. The molecule has 0 aromatic heterocycles. The predicted octanol–water partition coefficient (Wildman–Crippen LogP) is 3.08. The number of nitrogens with zero attached hydrogens (tertiary/aromatic N) is 1. The normalized spacial score (nSPS) is 25.3. The summed E-state index contributed by atoms with van der Waals surface area (Å²) in [7, 11) is 0. The third-order valence-corrected chi connectivity index (χ3v) is 5.98. The summed E-state index contributed by atoms with van der Waals surface area (Å²) in [5, 5.41) is 2.81. The summed E-state index contributed by atoms with van der Waals surface area (Å²) in [5.41, 5.74) is 0. The summed E-state index contributed by atoms with van der Waals surface area (Å²) in [6, 6.07) is -0.641. The second-order valence-corrected chi connectivity index (χ2v) is 8.06. The highest BCUT2D eigenvalue weighted by Gasteiger charge is 2.48. The third kappa shape index (κ3) is 5.26. The molecule has 2 aliphatic heterocycles. The quantitative estimate of drug-likeness (QED) is 0.370. The molecule has 2 heterocycles. The number of likely N-dealkylation sites (tertiary alicyclic amines) is 1. The lowest BCUT2D eigenvalue weighted by molar-refractivity contribution is -0.184. The molecule has 3 aliphatic rings. The number of esters is 1. The van der Waals surface area contributed by atoms with Gasteiger partial charge in [0.2, 0.25) is 5.91 Å². The van der Waals surface area contributed by atoms with E-state index in [0.29, 0.717) is 25.8 Å². The van der Waals surface area contributed by atoms with E-state index in [0.717, 1.165) is 51.4 Å². The van der Waals surface area contributed by atoms with Gasteiger partial charge in [0.05, 0.1) is 12.6 Å². The zero-order chi connectivity index (χ0) is 19.9. The van der Waals surface area contributed by atoms with Crippen LogP contribution < -0.4 is 5.32 Å². The number of ether oxygens (including phenoxy) is 2. The maximum Gasteiger partial charge on any atom is 0.408 e. The molecule has 1 N–H and O–H groups in total. The molecule has 28 heavy (non-hydrogen) atoms. The van der Waals surface area contributed by atoms with Gasteiger partial charge in [-0.25, -0.2) is 4.79 Å². The number of nitrogens with one attached hydrogen (secondary N) is 1. The molecule has 2 saturated heterocycles.